The van der Waals surface area contributed by atoms with Crippen LogP contribution in [0.1, 0.15) is 21.7 Å². The first kappa shape index (κ1) is 20.2. The summed E-state index contributed by atoms with van der Waals surface area (Å²) in [5.41, 5.74) is 0.747. The molecular formula is C19H19NO7. The van der Waals surface area contributed by atoms with Gasteiger partial charge in [0.15, 0.2) is 0 Å². The van der Waals surface area contributed by atoms with Crippen LogP contribution in [-0.2, 0) is 20.8 Å². The molecule has 2 rings (SSSR count). The number of benzene rings is 1. The zero-order valence-electron chi connectivity index (χ0n) is 15.2. The summed E-state index contributed by atoms with van der Waals surface area (Å²) >= 11 is 0. The van der Waals surface area contributed by atoms with Crippen molar-refractivity contribution in [2.45, 2.75) is 6.61 Å². The molecule has 1 heterocycles. The highest BCUT2D eigenvalue weighted by Crippen LogP contribution is 2.34. The van der Waals surface area contributed by atoms with Gasteiger partial charge < -0.3 is 23.4 Å². The van der Waals surface area contributed by atoms with Crippen molar-refractivity contribution in [2.75, 3.05) is 34.5 Å². The molecule has 2 aromatic rings. The number of rotatable bonds is 8. The van der Waals surface area contributed by atoms with E-state index in [4.69, 9.17) is 18.6 Å². The van der Waals surface area contributed by atoms with Gasteiger partial charge in [-0.3, -0.25) is 0 Å². The highest BCUT2D eigenvalue weighted by atomic mass is 16.5. The predicted octanol–water partition coefficient (Wildman–Crippen LogP) is 2.14. The summed E-state index contributed by atoms with van der Waals surface area (Å²) in [7, 11) is 4.18. The van der Waals surface area contributed by atoms with Gasteiger partial charge in [-0.1, -0.05) is 12.1 Å². The molecular weight excluding hydrogens is 354 g/mol. The molecule has 0 N–H and O–H groups in total. The maximum atomic E-state index is 12.5. The Labute approximate surface area is 155 Å². The van der Waals surface area contributed by atoms with Crippen LogP contribution >= 0.6 is 0 Å². The van der Waals surface area contributed by atoms with E-state index in [1.54, 1.807) is 18.2 Å². The summed E-state index contributed by atoms with van der Waals surface area (Å²) in [6.45, 7) is 0.513. The van der Waals surface area contributed by atoms with E-state index in [-0.39, 0.29) is 36.9 Å². The number of hydrogen-bond acceptors (Lipinski definition) is 8. The molecule has 0 atom stereocenters. The number of carbonyl (C=O) groups excluding carboxylic acids is 1. The molecule has 0 aliphatic rings. The first-order chi connectivity index (χ1) is 13.1. The maximum absolute atomic E-state index is 12.5. The molecule has 142 valence electrons. The van der Waals surface area contributed by atoms with Gasteiger partial charge in [0.25, 0.3) is 0 Å². The molecule has 0 spiro atoms. The normalized spacial score (nSPS) is 10.3. The number of nitriles is 1. The summed E-state index contributed by atoms with van der Waals surface area (Å²) in [5.74, 6) is -1.24. The number of ether oxygens (including phenoxy) is 4. The van der Waals surface area contributed by atoms with E-state index >= 15 is 0 Å². The van der Waals surface area contributed by atoms with Crippen molar-refractivity contribution in [2.24, 2.45) is 0 Å². The van der Waals surface area contributed by atoms with Crippen LogP contribution in [0.3, 0.4) is 0 Å². The van der Waals surface area contributed by atoms with Crippen molar-refractivity contribution in [3.63, 3.8) is 0 Å². The standard InChI is InChI=1S/C19H19NO7/c1-23-7-8-26-17-14(9-15(18(21)25-3)27-19(17)22)16-12(10-20)5-4-6-13(16)11-24-2/h4-6,9H,7-8,11H2,1-3H3. The van der Waals surface area contributed by atoms with Crippen LogP contribution < -0.4 is 10.4 Å². The van der Waals surface area contributed by atoms with Gasteiger partial charge in [0.2, 0.25) is 11.5 Å². The van der Waals surface area contributed by atoms with Crippen molar-refractivity contribution in [1.82, 2.24) is 0 Å². The first-order valence-corrected chi connectivity index (χ1v) is 7.96. The molecule has 0 saturated carbocycles. The Morgan fingerprint density at radius 2 is 1.96 bits per heavy atom. The van der Waals surface area contributed by atoms with E-state index in [1.807, 2.05) is 0 Å². The molecule has 0 unspecified atom stereocenters. The lowest BCUT2D eigenvalue weighted by Gasteiger charge is -2.15. The Kier molecular flexibility index (Phi) is 7.11. The van der Waals surface area contributed by atoms with Gasteiger partial charge in [0.1, 0.15) is 6.61 Å². The van der Waals surface area contributed by atoms with E-state index in [0.717, 1.165) is 0 Å². The average molecular weight is 373 g/mol. The van der Waals surface area contributed by atoms with Crippen LogP contribution in [0.25, 0.3) is 11.1 Å². The molecule has 1 aromatic carbocycles. The van der Waals surface area contributed by atoms with Crippen LogP contribution in [0.5, 0.6) is 5.75 Å². The van der Waals surface area contributed by atoms with Gasteiger partial charge in [-0.2, -0.15) is 5.26 Å². The monoisotopic (exact) mass is 373 g/mol. The molecule has 0 aliphatic heterocycles. The summed E-state index contributed by atoms with van der Waals surface area (Å²) in [4.78, 5) is 24.3. The lowest BCUT2D eigenvalue weighted by Crippen LogP contribution is -2.16. The van der Waals surface area contributed by atoms with Crippen molar-refractivity contribution in [3.8, 4) is 22.9 Å². The second-order valence-corrected chi connectivity index (χ2v) is 5.36. The fourth-order valence-electron chi connectivity index (χ4n) is 2.52. The van der Waals surface area contributed by atoms with Crippen LogP contribution in [0.15, 0.2) is 33.5 Å². The Balaban J connectivity index is 2.76. The third kappa shape index (κ3) is 4.53. The zero-order valence-corrected chi connectivity index (χ0v) is 15.2. The van der Waals surface area contributed by atoms with Crippen molar-refractivity contribution in [1.29, 1.82) is 5.26 Å². The molecule has 1 aromatic heterocycles. The number of nitrogens with zero attached hydrogens (tertiary/aromatic N) is 1. The zero-order chi connectivity index (χ0) is 19.8. The number of esters is 1. The summed E-state index contributed by atoms with van der Waals surface area (Å²) in [6.07, 6.45) is 0. The number of hydrogen-bond donors (Lipinski definition) is 0. The highest BCUT2D eigenvalue weighted by molar-refractivity contribution is 5.89. The summed E-state index contributed by atoms with van der Waals surface area (Å²) in [6, 6.07) is 8.46. The Hall–Kier alpha value is -3.15. The minimum Gasteiger partial charge on any atom is -0.484 e. The predicted molar refractivity (Wildman–Crippen MR) is 94.6 cm³/mol. The second kappa shape index (κ2) is 9.52. The first-order valence-electron chi connectivity index (χ1n) is 7.96. The minimum atomic E-state index is -0.861. The lowest BCUT2D eigenvalue weighted by atomic mass is 9.94. The SMILES string of the molecule is COCCOc1c(-c2c(C#N)cccc2COC)cc(C(=O)OC)oc1=O. The third-order valence-electron chi connectivity index (χ3n) is 3.67. The Morgan fingerprint density at radius 1 is 1.19 bits per heavy atom. The van der Waals surface area contributed by atoms with Gasteiger partial charge in [-0.15, -0.1) is 0 Å². The Bertz CT molecular complexity index is 911. The van der Waals surface area contributed by atoms with E-state index in [1.165, 1.54) is 27.4 Å². The fourth-order valence-corrected chi connectivity index (χ4v) is 2.52. The molecule has 0 amide bonds. The van der Waals surface area contributed by atoms with Crippen molar-refractivity contribution >= 4 is 5.97 Å². The highest BCUT2D eigenvalue weighted by Gasteiger charge is 2.23. The van der Waals surface area contributed by atoms with Crippen LogP contribution in [0.2, 0.25) is 0 Å². The van der Waals surface area contributed by atoms with Gasteiger partial charge in [-0.25, -0.2) is 9.59 Å². The fraction of sp³-hybridized carbons (Fsp3) is 0.316. The number of carbonyl (C=O) groups is 1. The molecule has 0 aliphatic carbocycles. The van der Waals surface area contributed by atoms with Crippen LogP contribution in [0.4, 0.5) is 0 Å². The van der Waals surface area contributed by atoms with Crippen LogP contribution in [-0.4, -0.2) is 40.5 Å². The Morgan fingerprint density at radius 3 is 2.59 bits per heavy atom. The molecule has 0 radical (unpaired) electrons. The molecule has 27 heavy (non-hydrogen) atoms. The van der Waals surface area contributed by atoms with E-state index in [2.05, 4.69) is 10.8 Å². The third-order valence-corrected chi connectivity index (χ3v) is 3.67. The minimum absolute atomic E-state index is 0.0835. The van der Waals surface area contributed by atoms with Crippen LogP contribution in [0, 0.1) is 11.3 Å². The lowest BCUT2D eigenvalue weighted by molar-refractivity contribution is 0.0558. The average Bonchev–Trinajstić information content (AvgIpc) is 2.68. The maximum Gasteiger partial charge on any atom is 0.379 e. The molecule has 0 saturated heterocycles. The van der Waals surface area contributed by atoms with Crippen molar-refractivity contribution in [3.05, 3.63) is 51.6 Å². The van der Waals surface area contributed by atoms with Gasteiger partial charge in [-0.05, 0) is 11.6 Å². The largest absolute Gasteiger partial charge is 0.484 e. The van der Waals surface area contributed by atoms with Crippen molar-refractivity contribution < 1.29 is 28.2 Å². The molecule has 0 fully saturated rings. The topological polar surface area (TPSA) is 108 Å². The van der Waals surface area contributed by atoms with Gasteiger partial charge in [0, 0.05) is 31.4 Å². The van der Waals surface area contributed by atoms with Gasteiger partial charge in [0.05, 0.1) is 32.0 Å². The molecule has 0 bridgehead atoms. The molecule has 8 heteroatoms. The molecule has 8 nitrogen and oxygen atoms in total. The summed E-state index contributed by atoms with van der Waals surface area (Å²) < 4.78 is 25.3. The van der Waals surface area contributed by atoms with E-state index < -0.39 is 11.6 Å². The smallest absolute Gasteiger partial charge is 0.379 e. The van der Waals surface area contributed by atoms with Gasteiger partial charge >= 0.3 is 11.6 Å². The quantitative estimate of drug-likeness (QED) is 0.511. The van der Waals surface area contributed by atoms with E-state index in [0.29, 0.717) is 16.7 Å². The van der Waals surface area contributed by atoms with E-state index in [9.17, 15) is 14.9 Å². The second-order valence-electron chi connectivity index (χ2n) is 5.36. The summed E-state index contributed by atoms with van der Waals surface area (Å²) in [5, 5.41) is 9.53. The number of methoxy groups -OCH3 is 3.